The van der Waals surface area contributed by atoms with E-state index >= 15 is 0 Å². The van der Waals surface area contributed by atoms with Crippen molar-refractivity contribution in [1.29, 1.82) is 0 Å². The third-order valence-electron chi connectivity index (χ3n) is 4.70. The average molecular weight is 295 g/mol. The van der Waals surface area contributed by atoms with Crippen molar-refractivity contribution in [2.24, 2.45) is 0 Å². The molecule has 1 aliphatic heterocycles. The number of anilines is 1. The van der Waals surface area contributed by atoms with Crippen molar-refractivity contribution < 1.29 is 4.79 Å². The van der Waals surface area contributed by atoms with E-state index in [9.17, 15) is 4.79 Å². The van der Waals surface area contributed by atoms with Gasteiger partial charge >= 0.3 is 6.03 Å². The van der Waals surface area contributed by atoms with E-state index in [4.69, 9.17) is 0 Å². The lowest BCUT2D eigenvalue weighted by atomic mass is 10.1. The third kappa shape index (κ3) is 2.66. The first-order valence-corrected chi connectivity index (χ1v) is 8.09. The van der Waals surface area contributed by atoms with E-state index in [-0.39, 0.29) is 6.03 Å². The van der Waals surface area contributed by atoms with Crippen molar-refractivity contribution in [3.8, 4) is 0 Å². The van der Waals surface area contributed by atoms with Crippen LogP contribution in [0, 0.1) is 0 Å². The van der Waals surface area contributed by atoms with Crippen LogP contribution in [0.4, 0.5) is 10.5 Å². The van der Waals surface area contributed by atoms with E-state index in [2.05, 4.69) is 28.4 Å². The van der Waals surface area contributed by atoms with Crippen LogP contribution in [0.25, 0.3) is 10.8 Å². The zero-order valence-corrected chi connectivity index (χ0v) is 12.7. The van der Waals surface area contributed by atoms with Crippen molar-refractivity contribution >= 4 is 22.5 Å². The van der Waals surface area contributed by atoms with Crippen molar-refractivity contribution in [2.45, 2.75) is 18.9 Å². The van der Waals surface area contributed by atoms with Crippen LogP contribution in [-0.4, -0.2) is 48.1 Å². The van der Waals surface area contributed by atoms with E-state index < -0.39 is 0 Å². The highest BCUT2D eigenvalue weighted by Crippen LogP contribution is 2.28. The van der Waals surface area contributed by atoms with Gasteiger partial charge in [0.2, 0.25) is 0 Å². The molecule has 1 aliphatic carbocycles. The Morgan fingerprint density at radius 2 is 1.68 bits per heavy atom. The first kappa shape index (κ1) is 13.6. The van der Waals surface area contributed by atoms with Crippen LogP contribution in [0.3, 0.4) is 0 Å². The van der Waals surface area contributed by atoms with Gasteiger partial charge in [0, 0.05) is 37.6 Å². The average Bonchev–Trinajstić information content (AvgIpc) is 3.40. The van der Waals surface area contributed by atoms with Crippen LogP contribution in [0.15, 0.2) is 42.5 Å². The first-order chi connectivity index (χ1) is 10.8. The van der Waals surface area contributed by atoms with Crippen LogP contribution in [0.2, 0.25) is 0 Å². The summed E-state index contributed by atoms with van der Waals surface area (Å²) in [6, 6.07) is 15.0. The van der Waals surface area contributed by atoms with Crippen molar-refractivity contribution in [2.75, 3.05) is 31.5 Å². The summed E-state index contributed by atoms with van der Waals surface area (Å²) in [6.07, 6.45) is 2.67. The minimum atomic E-state index is 0.0202. The number of nitrogens with one attached hydrogen (secondary N) is 1. The van der Waals surface area contributed by atoms with Gasteiger partial charge in [-0.3, -0.25) is 4.90 Å². The van der Waals surface area contributed by atoms with Gasteiger partial charge in [-0.2, -0.15) is 0 Å². The van der Waals surface area contributed by atoms with E-state index in [0.29, 0.717) is 0 Å². The maximum atomic E-state index is 12.5. The molecule has 0 radical (unpaired) electrons. The zero-order chi connectivity index (χ0) is 14.9. The summed E-state index contributed by atoms with van der Waals surface area (Å²) in [5.41, 5.74) is 0.896. The van der Waals surface area contributed by atoms with Crippen LogP contribution in [-0.2, 0) is 0 Å². The Balaban J connectivity index is 1.45. The lowest BCUT2D eigenvalue weighted by Crippen LogP contribution is -2.50. The minimum Gasteiger partial charge on any atom is -0.322 e. The van der Waals surface area contributed by atoms with Crippen LogP contribution in [0.5, 0.6) is 0 Å². The molecule has 0 atom stereocenters. The Morgan fingerprint density at radius 3 is 2.45 bits per heavy atom. The predicted octanol–water partition coefficient (Wildman–Crippen LogP) is 3.15. The number of piperazine rings is 1. The zero-order valence-electron chi connectivity index (χ0n) is 12.7. The maximum absolute atomic E-state index is 12.5. The van der Waals surface area contributed by atoms with Gasteiger partial charge < -0.3 is 10.2 Å². The number of urea groups is 1. The Hall–Kier alpha value is -2.07. The number of rotatable bonds is 2. The Kier molecular flexibility index (Phi) is 3.47. The quantitative estimate of drug-likeness (QED) is 0.924. The van der Waals surface area contributed by atoms with Gasteiger partial charge in [-0.1, -0.05) is 36.4 Å². The molecule has 114 valence electrons. The van der Waals surface area contributed by atoms with Gasteiger partial charge in [0.15, 0.2) is 0 Å². The molecular formula is C18H21N3O. The van der Waals surface area contributed by atoms with E-state index in [1.165, 1.54) is 12.8 Å². The molecule has 0 unspecified atom stereocenters. The minimum absolute atomic E-state index is 0.0202. The second-order valence-electron chi connectivity index (χ2n) is 6.21. The van der Waals surface area contributed by atoms with Gasteiger partial charge in [-0.25, -0.2) is 4.79 Å². The number of amides is 2. The molecule has 22 heavy (non-hydrogen) atoms. The molecule has 0 bridgehead atoms. The number of carbonyl (C=O) groups excluding carboxylic acids is 1. The van der Waals surface area contributed by atoms with Crippen molar-refractivity contribution in [3.63, 3.8) is 0 Å². The molecule has 2 aromatic rings. The van der Waals surface area contributed by atoms with Crippen molar-refractivity contribution in [1.82, 2.24) is 9.80 Å². The molecule has 2 amide bonds. The highest BCUT2D eigenvalue weighted by atomic mass is 16.2. The molecular weight excluding hydrogens is 274 g/mol. The van der Waals surface area contributed by atoms with E-state index in [1.807, 2.05) is 29.2 Å². The molecule has 1 heterocycles. The summed E-state index contributed by atoms with van der Waals surface area (Å²) in [5.74, 6) is 0. The van der Waals surface area contributed by atoms with Gasteiger partial charge in [0.05, 0.1) is 5.69 Å². The second kappa shape index (κ2) is 5.61. The summed E-state index contributed by atoms with van der Waals surface area (Å²) in [7, 11) is 0. The van der Waals surface area contributed by atoms with E-state index in [1.54, 1.807) is 0 Å². The molecule has 1 saturated carbocycles. The summed E-state index contributed by atoms with van der Waals surface area (Å²) in [5, 5.41) is 5.33. The molecule has 0 spiro atoms. The van der Waals surface area contributed by atoms with Gasteiger partial charge in [0.1, 0.15) is 0 Å². The molecule has 2 aromatic carbocycles. The number of hydrogen-bond acceptors (Lipinski definition) is 2. The highest BCUT2D eigenvalue weighted by Gasteiger charge is 2.32. The lowest BCUT2D eigenvalue weighted by Gasteiger charge is -2.34. The van der Waals surface area contributed by atoms with Crippen LogP contribution >= 0.6 is 0 Å². The fourth-order valence-electron chi connectivity index (χ4n) is 3.26. The van der Waals surface area contributed by atoms with Crippen LogP contribution in [0.1, 0.15) is 12.8 Å². The highest BCUT2D eigenvalue weighted by molar-refractivity contribution is 6.01. The smallest absolute Gasteiger partial charge is 0.321 e. The summed E-state index contributed by atoms with van der Waals surface area (Å²) in [6.45, 7) is 3.67. The van der Waals surface area contributed by atoms with Crippen LogP contribution < -0.4 is 5.32 Å². The van der Waals surface area contributed by atoms with Gasteiger partial charge in [-0.15, -0.1) is 0 Å². The second-order valence-corrected chi connectivity index (χ2v) is 6.21. The molecule has 4 rings (SSSR count). The number of hydrogen-bond donors (Lipinski definition) is 1. The standard InChI is InChI=1S/C18H21N3O/c22-18(21-12-10-20(11-13-21)15-8-9-15)19-17-7-3-5-14-4-1-2-6-16(14)17/h1-7,15H,8-13H2,(H,19,22). The fourth-order valence-corrected chi connectivity index (χ4v) is 3.26. The summed E-state index contributed by atoms with van der Waals surface area (Å²) < 4.78 is 0. The number of nitrogens with zero attached hydrogens (tertiary/aromatic N) is 2. The van der Waals surface area contributed by atoms with Crippen molar-refractivity contribution in [3.05, 3.63) is 42.5 Å². The largest absolute Gasteiger partial charge is 0.322 e. The Labute approximate surface area is 130 Å². The Morgan fingerprint density at radius 1 is 0.955 bits per heavy atom. The summed E-state index contributed by atoms with van der Waals surface area (Å²) >= 11 is 0. The number of carbonyl (C=O) groups is 1. The SMILES string of the molecule is O=C(Nc1cccc2ccccc12)N1CCN(C2CC2)CC1. The molecule has 4 nitrogen and oxygen atoms in total. The topological polar surface area (TPSA) is 35.6 Å². The molecule has 4 heteroatoms. The first-order valence-electron chi connectivity index (χ1n) is 8.09. The molecule has 2 fully saturated rings. The predicted molar refractivity (Wildman–Crippen MR) is 89.1 cm³/mol. The third-order valence-corrected chi connectivity index (χ3v) is 4.70. The monoisotopic (exact) mass is 295 g/mol. The molecule has 2 aliphatic rings. The van der Waals surface area contributed by atoms with Gasteiger partial charge in [-0.05, 0) is 24.3 Å². The van der Waals surface area contributed by atoms with Gasteiger partial charge in [0.25, 0.3) is 0 Å². The Bertz CT molecular complexity index is 682. The van der Waals surface area contributed by atoms with E-state index in [0.717, 1.165) is 48.7 Å². The maximum Gasteiger partial charge on any atom is 0.321 e. The fraction of sp³-hybridized carbons (Fsp3) is 0.389. The summed E-state index contributed by atoms with van der Waals surface area (Å²) in [4.78, 5) is 16.9. The lowest BCUT2D eigenvalue weighted by molar-refractivity contribution is 0.142. The molecule has 0 aromatic heterocycles. The normalized spacial score (nSPS) is 19.4. The number of fused-ring (bicyclic) bond motifs is 1. The molecule has 1 N–H and O–H groups in total. The molecule has 1 saturated heterocycles. The number of benzene rings is 2.